The molecule has 0 spiro atoms. The smallest absolute Gasteiger partial charge is 0.0686 e. The van der Waals surface area contributed by atoms with E-state index in [0.717, 1.165) is 12.3 Å². The van der Waals surface area contributed by atoms with Gasteiger partial charge in [0.2, 0.25) is 0 Å². The Morgan fingerprint density at radius 3 is 2.50 bits per heavy atom. The van der Waals surface area contributed by atoms with E-state index < -0.39 is 0 Å². The molecule has 2 fully saturated rings. The van der Waals surface area contributed by atoms with Gasteiger partial charge < -0.3 is 15.2 Å². The topological polar surface area (TPSA) is 41.5 Å². The Bertz CT molecular complexity index is 329. The van der Waals surface area contributed by atoms with Crippen LogP contribution in [-0.2, 0) is 4.74 Å². The summed E-state index contributed by atoms with van der Waals surface area (Å²) in [6, 6.07) is 0.427. The van der Waals surface area contributed by atoms with E-state index in [0.29, 0.717) is 36.1 Å². The van der Waals surface area contributed by atoms with Crippen LogP contribution in [0.15, 0.2) is 0 Å². The molecule has 3 nitrogen and oxygen atoms in total. The van der Waals surface area contributed by atoms with Crippen molar-refractivity contribution in [2.75, 3.05) is 13.2 Å². The average molecular weight is 283 g/mol. The molecule has 118 valence electrons. The second-order valence-electron chi connectivity index (χ2n) is 7.98. The van der Waals surface area contributed by atoms with Gasteiger partial charge in [-0.15, -0.1) is 0 Å². The first kappa shape index (κ1) is 16.3. The summed E-state index contributed by atoms with van der Waals surface area (Å²) in [6.45, 7) is 12.8. The SMILES string of the molecule is CC(C)NC[C@H](O)CCO[C@@H]1C[C@@H]2CC[C@]1(C)C2(C)C. The third kappa shape index (κ3) is 2.90. The van der Waals surface area contributed by atoms with Crippen molar-refractivity contribution in [3.05, 3.63) is 0 Å². The third-order valence-corrected chi connectivity index (χ3v) is 6.25. The highest BCUT2D eigenvalue weighted by Gasteiger charge is 2.61. The molecule has 2 N–H and O–H groups in total. The van der Waals surface area contributed by atoms with E-state index in [1.165, 1.54) is 19.3 Å². The monoisotopic (exact) mass is 283 g/mol. The fraction of sp³-hybridized carbons (Fsp3) is 1.00. The van der Waals surface area contributed by atoms with Crippen molar-refractivity contribution in [3.63, 3.8) is 0 Å². The largest absolute Gasteiger partial charge is 0.392 e. The van der Waals surface area contributed by atoms with E-state index in [2.05, 4.69) is 39.9 Å². The number of ether oxygens (including phenoxy) is 1. The highest BCUT2D eigenvalue weighted by molar-refractivity contribution is 5.11. The highest BCUT2D eigenvalue weighted by atomic mass is 16.5. The molecule has 0 unspecified atom stereocenters. The molecule has 0 amide bonds. The van der Waals surface area contributed by atoms with Crippen LogP contribution in [0.1, 0.15) is 60.3 Å². The molecule has 20 heavy (non-hydrogen) atoms. The predicted octanol–water partition coefficient (Wildman–Crippen LogP) is 2.97. The minimum absolute atomic E-state index is 0.295. The van der Waals surface area contributed by atoms with Gasteiger partial charge in [-0.2, -0.15) is 0 Å². The van der Waals surface area contributed by atoms with Crippen molar-refractivity contribution in [2.45, 2.75) is 78.6 Å². The Labute approximate surface area is 124 Å². The van der Waals surface area contributed by atoms with E-state index in [1.807, 2.05) is 0 Å². The Balaban J connectivity index is 1.73. The molecular weight excluding hydrogens is 250 g/mol. The summed E-state index contributed by atoms with van der Waals surface area (Å²) in [5.74, 6) is 0.824. The average Bonchev–Trinajstić information content (AvgIpc) is 2.69. The molecule has 0 radical (unpaired) electrons. The molecule has 0 aromatic rings. The zero-order valence-corrected chi connectivity index (χ0v) is 13.9. The number of aliphatic hydroxyl groups is 1. The van der Waals surface area contributed by atoms with Crippen LogP contribution in [0, 0.1) is 16.7 Å². The van der Waals surface area contributed by atoms with Crippen molar-refractivity contribution in [1.82, 2.24) is 5.32 Å². The normalized spacial score (nSPS) is 36.8. The van der Waals surface area contributed by atoms with Gasteiger partial charge in [-0.1, -0.05) is 34.6 Å². The molecule has 0 heterocycles. The van der Waals surface area contributed by atoms with Crippen molar-refractivity contribution in [1.29, 1.82) is 0 Å². The van der Waals surface area contributed by atoms with Crippen molar-refractivity contribution < 1.29 is 9.84 Å². The summed E-state index contributed by atoms with van der Waals surface area (Å²) < 4.78 is 6.17. The summed E-state index contributed by atoms with van der Waals surface area (Å²) in [7, 11) is 0. The third-order valence-electron chi connectivity index (χ3n) is 6.25. The summed E-state index contributed by atoms with van der Waals surface area (Å²) in [6.07, 6.45) is 4.71. The molecule has 3 heteroatoms. The molecular formula is C17H33NO2. The van der Waals surface area contributed by atoms with Crippen molar-refractivity contribution in [2.24, 2.45) is 16.7 Å². The Morgan fingerprint density at radius 1 is 1.30 bits per heavy atom. The van der Waals surface area contributed by atoms with Gasteiger partial charge in [-0.05, 0) is 42.4 Å². The number of aliphatic hydroxyl groups excluding tert-OH is 1. The zero-order valence-electron chi connectivity index (χ0n) is 13.9. The van der Waals surface area contributed by atoms with Gasteiger partial charge in [0.15, 0.2) is 0 Å². The lowest BCUT2D eigenvalue weighted by atomic mass is 9.70. The van der Waals surface area contributed by atoms with Gasteiger partial charge >= 0.3 is 0 Å². The van der Waals surface area contributed by atoms with Crippen LogP contribution >= 0.6 is 0 Å². The summed E-state index contributed by atoms with van der Waals surface area (Å²) in [4.78, 5) is 0. The van der Waals surface area contributed by atoms with Crippen molar-refractivity contribution >= 4 is 0 Å². The molecule has 2 aliphatic rings. The van der Waals surface area contributed by atoms with E-state index in [9.17, 15) is 5.11 Å². The minimum atomic E-state index is -0.295. The number of hydrogen-bond donors (Lipinski definition) is 2. The van der Waals surface area contributed by atoms with Gasteiger partial charge in [0.1, 0.15) is 0 Å². The van der Waals surface area contributed by atoms with Crippen LogP contribution in [0.3, 0.4) is 0 Å². The first-order valence-corrected chi connectivity index (χ1v) is 8.30. The molecule has 0 aromatic carbocycles. The summed E-state index contributed by atoms with van der Waals surface area (Å²) in [5, 5.41) is 13.2. The number of hydrogen-bond acceptors (Lipinski definition) is 3. The van der Waals surface area contributed by atoms with Crippen LogP contribution in [0.4, 0.5) is 0 Å². The first-order chi connectivity index (χ1) is 9.27. The molecule has 0 aromatic heterocycles. The Morgan fingerprint density at radius 2 is 2.00 bits per heavy atom. The van der Waals surface area contributed by atoms with Crippen molar-refractivity contribution in [3.8, 4) is 0 Å². The standard InChI is InChI=1S/C17H33NO2/c1-12(2)18-11-14(19)7-9-20-15-10-13-6-8-17(15,5)16(13,3)4/h12-15,18-19H,6-11H2,1-5H3/t13-,14+,15+,17-/m0/s1. The molecule has 0 saturated heterocycles. The summed E-state index contributed by atoms with van der Waals surface area (Å²) >= 11 is 0. The maximum atomic E-state index is 9.93. The van der Waals surface area contributed by atoms with Gasteiger partial charge in [-0.25, -0.2) is 0 Å². The lowest BCUT2D eigenvalue weighted by Gasteiger charge is -2.39. The predicted molar refractivity (Wildman–Crippen MR) is 82.7 cm³/mol. The lowest BCUT2D eigenvalue weighted by Crippen LogP contribution is -2.38. The molecule has 4 atom stereocenters. The van der Waals surface area contributed by atoms with E-state index >= 15 is 0 Å². The maximum absolute atomic E-state index is 9.93. The number of fused-ring (bicyclic) bond motifs is 2. The molecule has 2 bridgehead atoms. The summed E-state index contributed by atoms with van der Waals surface area (Å²) in [5.41, 5.74) is 0.744. The van der Waals surface area contributed by atoms with E-state index in [1.54, 1.807) is 0 Å². The van der Waals surface area contributed by atoms with Gasteiger partial charge in [0.25, 0.3) is 0 Å². The second kappa shape index (κ2) is 5.94. The van der Waals surface area contributed by atoms with Gasteiger partial charge in [-0.3, -0.25) is 0 Å². The highest BCUT2D eigenvalue weighted by Crippen LogP contribution is 2.66. The number of rotatable bonds is 7. The fourth-order valence-electron chi connectivity index (χ4n) is 4.20. The fourth-order valence-corrected chi connectivity index (χ4v) is 4.20. The van der Waals surface area contributed by atoms with Crippen LogP contribution in [0.25, 0.3) is 0 Å². The molecule has 2 saturated carbocycles. The van der Waals surface area contributed by atoms with Crippen LogP contribution in [0.5, 0.6) is 0 Å². The zero-order chi connectivity index (χ0) is 15.0. The Kier molecular flexibility index (Phi) is 4.83. The van der Waals surface area contributed by atoms with Gasteiger partial charge in [0, 0.05) is 19.2 Å². The van der Waals surface area contributed by atoms with Crippen LogP contribution < -0.4 is 5.32 Å². The number of nitrogens with one attached hydrogen (secondary N) is 1. The van der Waals surface area contributed by atoms with E-state index in [-0.39, 0.29) is 6.10 Å². The van der Waals surface area contributed by atoms with Crippen LogP contribution in [0.2, 0.25) is 0 Å². The maximum Gasteiger partial charge on any atom is 0.0686 e. The van der Waals surface area contributed by atoms with Gasteiger partial charge in [0.05, 0.1) is 12.2 Å². The lowest BCUT2D eigenvalue weighted by molar-refractivity contribution is -0.0546. The first-order valence-electron chi connectivity index (χ1n) is 8.30. The molecule has 2 aliphatic carbocycles. The van der Waals surface area contributed by atoms with Crippen LogP contribution in [-0.4, -0.2) is 36.5 Å². The minimum Gasteiger partial charge on any atom is -0.392 e. The quantitative estimate of drug-likeness (QED) is 0.755. The molecule has 0 aliphatic heterocycles. The molecule has 2 rings (SSSR count). The second-order valence-corrected chi connectivity index (χ2v) is 7.98. The van der Waals surface area contributed by atoms with E-state index in [4.69, 9.17) is 4.74 Å². The Hall–Kier alpha value is -0.120.